The fraction of sp³-hybridized carbons (Fsp3) is 0.565. The number of ether oxygens (including phenoxy) is 1. The Morgan fingerprint density at radius 1 is 0.909 bits per heavy atom. The van der Waals surface area contributed by atoms with Crippen molar-refractivity contribution in [3.8, 4) is 0 Å². The third kappa shape index (κ3) is 4.86. The van der Waals surface area contributed by atoms with E-state index in [-0.39, 0.29) is 18.4 Å². The molecule has 0 radical (unpaired) electrons. The highest BCUT2D eigenvalue weighted by molar-refractivity contribution is 6.09. The normalized spacial score (nSPS) is 24.2. The third-order valence-corrected chi connectivity index (χ3v) is 6.64. The van der Waals surface area contributed by atoms with E-state index in [1.807, 2.05) is 31.2 Å². The van der Waals surface area contributed by atoms with Crippen LogP contribution in [-0.2, 0) is 24.7 Å². The number of nitrogens with zero attached hydrogens (tertiary/aromatic N) is 4. The third-order valence-electron chi connectivity index (χ3n) is 6.64. The summed E-state index contributed by atoms with van der Waals surface area (Å²) in [6, 6.07) is 6.81. The standard InChI is InChI=1S/C23H31N5O5/c1-17-3-5-18(6-4-17)23(2)21(31)28(22(32)24-23)16-20(30)27-9-7-26(8-10-27)19(29)15-25-11-13-33-14-12-25/h3-6H,7-16H2,1-2H3,(H,24,32). The molecule has 0 saturated carbocycles. The molecule has 4 rings (SSSR count). The van der Waals surface area contributed by atoms with Crippen LogP contribution in [0.2, 0.25) is 0 Å². The SMILES string of the molecule is Cc1ccc(C2(C)NC(=O)N(CC(=O)N3CCN(C(=O)CN4CCOCC4)CC3)C2=O)cc1. The van der Waals surface area contributed by atoms with Crippen LogP contribution >= 0.6 is 0 Å². The molecule has 10 nitrogen and oxygen atoms in total. The summed E-state index contributed by atoms with van der Waals surface area (Å²) in [6.07, 6.45) is 0. The molecule has 10 heteroatoms. The van der Waals surface area contributed by atoms with E-state index in [0.29, 0.717) is 51.5 Å². The molecule has 3 aliphatic rings. The molecule has 3 fully saturated rings. The molecule has 1 aromatic carbocycles. The number of rotatable bonds is 5. The molecule has 33 heavy (non-hydrogen) atoms. The van der Waals surface area contributed by atoms with E-state index >= 15 is 0 Å². The van der Waals surface area contributed by atoms with Crippen molar-refractivity contribution in [2.24, 2.45) is 0 Å². The number of piperazine rings is 1. The Balaban J connectivity index is 1.30. The van der Waals surface area contributed by atoms with E-state index in [2.05, 4.69) is 10.2 Å². The van der Waals surface area contributed by atoms with Crippen molar-refractivity contribution in [3.63, 3.8) is 0 Å². The van der Waals surface area contributed by atoms with Gasteiger partial charge in [0.2, 0.25) is 11.8 Å². The molecule has 3 heterocycles. The number of amides is 5. The van der Waals surface area contributed by atoms with Crippen LogP contribution in [0.4, 0.5) is 4.79 Å². The second-order valence-corrected chi connectivity index (χ2v) is 8.96. The molecule has 0 aliphatic carbocycles. The van der Waals surface area contributed by atoms with Gasteiger partial charge in [-0.05, 0) is 19.4 Å². The summed E-state index contributed by atoms with van der Waals surface area (Å²) >= 11 is 0. The highest BCUT2D eigenvalue weighted by Gasteiger charge is 2.49. The molecule has 5 amide bonds. The van der Waals surface area contributed by atoms with Gasteiger partial charge in [0.15, 0.2) is 0 Å². The lowest BCUT2D eigenvalue weighted by Crippen LogP contribution is -2.55. The van der Waals surface area contributed by atoms with Crippen molar-refractivity contribution in [2.75, 3.05) is 65.6 Å². The van der Waals surface area contributed by atoms with Crippen molar-refractivity contribution in [1.29, 1.82) is 0 Å². The van der Waals surface area contributed by atoms with Crippen molar-refractivity contribution in [1.82, 2.24) is 24.9 Å². The Labute approximate surface area is 193 Å². The maximum atomic E-state index is 13.1. The van der Waals surface area contributed by atoms with Crippen LogP contribution in [0, 0.1) is 6.92 Å². The second-order valence-electron chi connectivity index (χ2n) is 8.96. The van der Waals surface area contributed by atoms with E-state index in [0.717, 1.165) is 23.6 Å². The lowest BCUT2D eigenvalue weighted by Gasteiger charge is -2.36. The summed E-state index contributed by atoms with van der Waals surface area (Å²) in [4.78, 5) is 57.5. The first-order valence-electron chi connectivity index (χ1n) is 11.3. The Morgan fingerprint density at radius 2 is 1.45 bits per heavy atom. The number of hydrogen-bond donors (Lipinski definition) is 1. The van der Waals surface area contributed by atoms with E-state index in [1.165, 1.54) is 0 Å². The minimum Gasteiger partial charge on any atom is -0.379 e. The molecule has 1 unspecified atom stereocenters. The van der Waals surface area contributed by atoms with Crippen molar-refractivity contribution < 1.29 is 23.9 Å². The highest BCUT2D eigenvalue weighted by Crippen LogP contribution is 2.29. The van der Waals surface area contributed by atoms with Crippen LogP contribution in [0.1, 0.15) is 18.1 Å². The molecule has 178 valence electrons. The van der Waals surface area contributed by atoms with Gasteiger partial charge < -0.3 is 19.9 Å². The Hall–Kier alpha value is -2.98. The number of carbonyl (C=O) groups excluding carboxylic acids is 4. The average molecular weight is 458 g/mol. The Kier molecular flexibility index (Phi) is 6.66. The maximum absolute atomic E-state index is 13.1. The van der Waals surface area contributed by atoms with Crippen LogP contribution in [0.15, 0.2) is 24.3 Å². The lowest BCUT2D eigenvalue weighted by molar-refractivity contribution is -0.143. The van der Waals surface area contributed by atoms with E-state index in [1.54, 1.807) is 16.7 Å². The van der Waals surface area contributed by atoms with Gasteiger partial charge in [-0.2, -0.15) is 0 Å². The summed E-state index contributed by atoms with van der Waals surface area (Å²) in [5.41, 5.74) is 0.526. The fourth-order valence-corrected chi connectivity index (χ4v) is 4.41. The number of nitrogens with one attached hydrogen (secondary N) is 1. The van der Waals surface area contributed by atoms with E-state index < -0.39 is 17.5 Å². The van der Waals surface area contributed by atoms with Crippen LogP contribution < -0.4 is 5.32 Å². The lowest BCUT2D eigenvalue weighted by atomic mass is 9.91. The minimum atomic E-state index is -1.20. The largest absolute Gasteiger partial charge is 0.379 e. The zero-order chi connectivity index (χ0) is 23.6. The van der Waals surface area contributed by atoms with Gasteiger partial charge in [-0.3, -0.25) is 24.2 Å². The zero-order valence-corrected chi connectivity index (χ0v) is 19.2. The maximum Gasteiger partial charge on any atom is 0.325 e. The number of urea groups is 1. The Bertz CT molecular complexity index is 922. The van der Waals surface area contributed by atoms with Crippen molar-refractivity contribution in [3.05, 3.63) is 35.4 Å². The number of carbonyl (C=O) groups is 4. The average Bonchev–Trinajstić information content (AvgIpc) is 3.04. The Morgan fingerprint density at radius 3 is 2.03 bits per heavy atom. The summed E-state index contributed by atoms with van der Waals surface area (Å²) in [5, 5.41) is 2.74. The monoisotopic (exact) mass is 457 g/mol. The summed E-state index contributed by atoms with van der Waals surface area (Å²) in [6.45, 7) is 8.07. The van der Waals surface area contributed by atoms with Crippen LogP contribution in [-0.4, -0.2) is 109 Å². The quantitative estimate of drug-likeness (QED) is 0.613. The number of imide groups is 1. The topological polar surface area (TPSA) is 102 Å². The molecular weight excluding hydrogens is 426 g/mol. The van der Waals surface area contributed by atoms with Crippen molar-refractivity contribution >= 4 is 23.8 Å². The molecule has 0 bridgehead atoms. The van der Waals surface area contributed by atoms with Gasteiger partial charge in [-0.15, -0.1) is 0 Å². The zero-order valence-electron chi connectivity index (χ0n) is 19.2. The van der Waals surface area contributed by atoms with Gasteiger partial charge in [-0.25, -0.2) is 4.79 Å². The van der Waals surface area contributed by atoms with Gasteiger partial charge in [0.1, 0.15) is 12.1 Å². The molecule has 3 aliphatic heterocycles. The minimum absolute atomic E-state index is 0.0481. The van der Waals surface area contributed by atoms with E-state index in [4.69, 9.17) is 4.74 Å². The molecule has 1 aromatic rings. The van der Waals surface area contributed by atoms with Crippen LogP contribution in [0.5, 0.6) is 0 Å². The number of benzene rings is 1. The first kappa shape index (κ1) is 23.2. The summed E-state index contributed by atoms with van der Waals surface area (Å²) < 4.78 is 5.31. The molecule has 0 spiro atoms. The second kappa shape index (κ2) is 9.48. The van der Waals surface area contributed by atoms with Gasteiger partial charge >= 0.3 is 6.03 Å². The van der Waals surface area contributed by atoms with Gasteiger partial charge in [-0.1, -0.05) is 29.8 Å². The molecule has 1 N–H and O–H groups in total. The fourth-order valence-electron chi connectivity index (χ4n) is 4.41. The predicted octanol–water partition coefficient (Wildman–Crippen LogP) is -0.235. The van der Waals surface area contributed by atoms with Crippen molar-refractivity contribution in [2.45, 2.75) is 19.4 Å². The first-order chi connectivity index (χ1) is 15.8. The highest BCUT2D eigenvalue weighted by atomic mass is 16.5. The molecule has 1 atom stereocenters. The van der Waals surface area contributed by atoms with Gasteiger partial charge in [0.05, 0.1) is 19.8 Å². The smallest absolute Gasteiger partial charge is 0.325 e. The number of aryl methyl sites for hydroxylation is 1. The number of hydrogen-bond acceptors (Lipinski definition) is 6. The summed E-state index contributed by atoms with van der Waals surface area (Å²) in [5.74, 6) is -0.692. The van der Waals surface area contributed by atoms with Crippen LogP contribution in [0.3, 0.4) is 0 Å². The van der Waals surface area contributed by atoms with Gasteiger partial charge in [0.25, 0.3) is 5.91 Å². The summed E-state index contributed by atoms with van der Waals surface area (Å²) in [7, 11) is 0. The van der Waals surface area contributed by atoms with E-state index in [9.17, 15) is 19.2 Å². The molecule has 3 saturated heterocycles. The van der Waals surface area contributed by atoms with Crippen LogP contribution in [0.25, 0.3) is 0 Å². The number of morpholine rings is 1. The predicted molar refractivity (Wildman–Crippen MR) is 119 cm³/mol. The first-order valence-corrected chi connectivity index (χ1v) is 11.3. The molecule has 0 aromatic heterocycles. The molecular formula is C23H31N5O5. The van der Waals surface area contributed by atoms with Gasteiger partial charge in [0, 0.05) is 39.3 Å².